The molecule has 0 spiro atoms. The van der Waals surface area contributed by atoms with E-state index in [1.807, 2.05) is 281 Å². The van der Waals surface area contributed by atoms with Crippen LogP contribution >= 0.6 is 0 Å². The van der Waals surface area contributed by atoms with Gasteiger partial charge in [0.05, 0.1) is 55.5 Å². The summed E-state index contributed by atoms with van der Waals surface area (Å²) in [6, 6.07) is 73.4. The second-order valence-corrected chi connectivity index (χ2v) is 33.9. The molecule has 0 aliphatic heterocycles. The van der Waals surface area contributed by atoms with Crippen molar-refractivity contribution in [2.45, 2.75) is 135 Å². The molecule has 32 nitrogen and oxygen atoms in total. The molecule has 16 heterocycles. The molecule has 0 radical (unpaired) electrons. The van der Waals surface area contributed by atoms with Crippen LogP contribution in [0.4, 0.5) is 13.2 Å². The molecule has 24 aromatic rings. The predicted molar refractivity (Wildman–Crippen MR) is 543 cm³/mol. The van der Waals surface area contributed by atoms with Crippen molar-refractivity contribution in [3.63, 3.8) is 0 Å². The van der Waals surface area contributed by atoms with Gasteiger partial charge in [-0.2, -0.15) is 13.2 Å². The molecule has 0 unspecified atom stereocenters. The van der Waals surface area contributed by atoms with E-state index >= 15 is 0 Å². The topological polar surface area (TPSA) is 422 Å². The van der Waals surface area contributed by atoms with Crippen molar-refractivity contribution in [1.82, 2.24) is 161 Å². The fourth-order valence-electron chi connectivity index (χ4n) is 15.3. The Balaban J connectivity index is 0.000000140. The van der Waals surface area contributed by atoms with Gasteiger partial charge in [0.15, 0.2) is 0 Å². The summed E-state index contributed by atoms with van der Waals surface area (Å²) < 4.78 is 37.3. The van der Waals surface area contributed by atoms with Crippen LogP contribution in [0, 0.1) is 62.3 Å². The van der Waals surface area contributed by atoms with Gasteiger partial charge in [0.1, 0.15) is 52.3 Å². The zero-order valence-corrected chi connectivity index (χ0v) is 91.1. The predicted octanol–water partition coefficient (Wildman–Crippen LogP) is 20.3. The first-order chi connectivity index (χ1) is 69.2. The minimum Gasteiger partial charge on any atom is -0.572 e. The van der Waals surface area contributed by atoms with E-state index in [1.54, 1.807) is 18.3 Å². The Morgan fingerprint density at radius 2 is 0.490 bits per heavy atom. The van der Waals surface area contributed by atoms with Crippen LogP contribution in [0.25, 0.3) is 179 Å². The number of nitrogens with zero attached hydrogens (tertiary/aromatic N) is 32. The number of aromatic nitrogens is 32. The Kier molecular flexibility index (Phi) is 36.7. The zero-order valence-electron chi connectivity index (χ0n) is 82.0. The smallest absolute Gasteiger partial charge is 0.572 e. The molecule has 0 aliphatic rings. The van der Waals surface area contributed by atoms with E-state index in [2.05, 4.69) is 215 Å². The van der Waals surface area contributed by atoms with Crippen LogP contribution in [-0.2, 0) is 103 Å². The van der Waals surface area contributed by atoms with E-state index in [-0.39, 0.29) is 95.8 Å². The summed E-state index contributed by atoms with van der Waals surface area (Å²) >= 11 is 0. The third kappa shape index (κ3) is 26.3. The van der Waals surface area contributed by atoms with Crippen LogP contribution in [-0.4, -0.2) is 121 Å². The Morgan fingerprint density at radius 1 is 0.252 bits per heavy atom. The average Bonchev–Trinajstić information content (AvgIpc) is 1.78. The van der Waals surface area contributed by atoms with E-state index in [1.165, 1.54) is 0 Å². The van der Waals surface area contributed by atoms with Crippen LogP contribution < -0.4 is 40.8 Å². The summed E-state index contributed by atoms with van der Waals surface area (Å²) in [7, 11) is 0. The summed E-state index contributed by atoms with van der Waals surface area (Å²) in [4.78, 5) is 71.2. The molecule has 0 bridgehead atoms. The Bertz CT molecular complexity index is 8230. The van der Waals surface area contributed by atoms with Crippen molar-refractivity contribution in [1.29, 1.82) is 0 Å². The molecule has 0 saturated heterocycles. The fourth-order valence-corrected chi connectivity index (χ4v) is 15.3. The summed E-state index contributed by atoms with van der Waals surface area (Å²) in [6.07, 6.45) is 4.26. The molecular weight excluding hydrogens is 2580 g/mol. The van der Waals surface area contributed by atoms with Crippen LogP contribution in [0.15, 0.2) is 255 Å². The van der Waals surface area contributed by atoms with Gasteiger partial charge in [-0.05, 0) is 153 Å². The van der Waals surface area contributed by atoms with Crippen molar-refractivity contribution >= 4 is 87.2 Å². The monoisotopic (exact) mass is 2670 g/mol. The Morgan fingerprint density at radius 3 is 0.762 bits per heavy atom. The van der Waals surface area contributed by atoms with Crippen molar-refractivity contribution in [3.8, 4) is 92.1 Å². The third-order valence-electron chi connectivity index (χ3n) is 22.6. The van der Waals surface area contributed by atoms with Gasteiger partial charge in [-0.25, -0.2) is 79.7 Å². The first kappa shape index (κ1) is 109. The van der Waals surface area contributed by atoms with Crippen LogP contribution in [0.3, 0.4) is 0 Å². The number of halogens is 3. The first-order valence-electron chi connectivity index (χ1n) is 46.0. The van der Waals surface area contributed by atoms with E-state index in [0.29, 0.717) is 58.1 Å². The number of hydrogen-bond donors (Lipinski definition) is 0. The maximum atomic E-state index is 12.4. The van der Waals surface area contributed by atoms with Gasteiger partial charge < -0.3 is 81.6 Å². The second kappa shape index (κ2) is 49.5. The van der Waals surface area contributed by atoms with Crippen LogP contribution in [0.1, 0.15) is 133 Å². The minimum atomic E-state index is -4.51. The first-order valence-corrected chi connectivity index (χ1v) is 46.0. The third-order valence-corrected chi connectivity index (χ3v) is 22.6. The molecule has 147 heavy (non-hydrogen) atoms. The fraction of sp³-hybridized carbons (Fsp3) is 0.185. The van der Waals surface area contributed by atoms with Gasteiger partial charge in [0.25, 0.3) is 0 Å². The minimum absolute atomic E-state index is 0. The number of para-hydroxylation sites is 8. The van der Waals surface area contributed by atoms with Crippen LogP contribution in [0.2, 0.25) is 0 Å². The van der Waals surface area contributed by atoms with E-state index < -0.39 is 11.9 Å². The summed E-state index contributed by atoms with van der Waals surface area (Å²) in [5.41, 5.74) is 24.1. The number of benzene rings is 8. The van der Waals surface area contributed by atoms with E-state index in [4.69, 9.17) is 0 Å². The van der Waals surface area contributed by atoms with Gasteiger partial charge in [0.2, 0.25) is 0 Å². The van der Waals surface area contributed by atoms with Gasteiger partial charge in [0, 0.05) is 119 Å². The van der Waals surface area contributed by atoms with Crippen molar-refractivity contribution < 1.29 is 97.4 Å². The number of hydrogen-bond acceptors (Lipinski definition) is 24. The molecule has 0 fully saturated rings. The largest absolute Gasteiger partial charge is 2.00 e. The SMILES string of the molecule is CCc1n[n-]c(-c2ncc3ccccc3n2)c1C.CCc1n[n-]c(-c2ncc3ccccc3n2)c1C.Cc1cc(-c2nc(C(C)C)c3ccccc3n2)[n-]n1.Cc1cc(-c2nc(C(C)C)c3ccccc3n2)[n-]n1.Cc1cc(-c2nc(C)c3ccccc3n2)[n-]n1.Cc1cc(-c2nc(C)c3ccccc3n2)[n-]n1.Cc1cc(-c2ncc3ccccc3n2)[n-]n1.FC(F)(F)c1cc(-c2ncc3ccccc3n2)[n-]n1.[Pt+2].[Pt+2].[Pt+2].[Pt+2]. The van der Waals surface area contributed by atoms with Gasteiger partial charge in [-0.1, -0.05) is 263 Å². The molecule has 39 heteroatoms. The molecule has 746 valence electrons. The molecule has 0 N–H and O–H groups in total. The Hall–Kier alpha value is -15.3. The molecule has 0 atom stereocenters. The van der Waals surface area contributed by atoms with Gasteiger partial charge >= 0.3 is 90.4 Å². The van der Waals surface area contributed by atoms with Crippen molar-refractivity contribution in [2.75, 3.05) is 0 Å². The van der Waals surface area contributed by atoms with E-state index in [9.17, 15) is 13.2 Å². The summed E-state index contributed by atoms with van der Waals surface area (Å²) in [5, 5.41) is 71.8. The maximum absolute atomic E-state index is 12.4. The standard InChI is InChI=1S/2C15H15N4.2C14H13N4.2C13H11N4.C12H6F3N4.C12H9N4.4Pt/c2*1-9(2)14-11-6-4-5-7-12(11)16-15(17-14)13-8-10(3)18-19-13;2*1-3-11-9(2)13(18-17-11)14-15-8-10-6-4-5-7-12(10)16-14;2*1-8-7-12(17-16-8)13-14-9(2)10-5-3-4-6-11(10)15-13;13-12(14,15)10-5-9(18-19-10)11-16-6-7-3-1-2-4-8(7)17-11;1-8-6-11(16-15-8)12-13-7-9-4-2-3-5-10(9)14-12;;;;/h2*4-9H,1-3H3;2*4-8H,3H2,1-2H3;2*3-7H,1-2H3;1-6H;2-7H,1H3;;;;/q8*-1;4*+2. The molecule has 8 aromatic carbocycles. The molecule has 24 rings (SSSR count). The van der Waals surface area contributed by atoms with E-state index in [0.717, 1.165) is 214 Å². The zero-order chi connectivity index (χ0) is 100.0. The van der Waals surface area contributed by atoms with Gasteiger partial charge in [-0.15, -0.1) is 0 Å². The van der Waals surface area contributed by atoms with Crippen molar-refractivity contribution in [3.05, 3.63) is 335 Å². The average molecular weight is 2680 g/mol. The number of rotatable bonds is 12. The maximum Gasteiger partial charge on any atom is 2.00 e. The molecular formula is C108H93F3N32Pt4. The number of aryl methyl sites for hydroxylation is 9. The summed E-state index contributed by atoms with van der Waals surface area (Å²) in [6.45, 7) is 30.3. The molecule has 0 aliphatic carbocycles. The second-order valence-electron chi connectivity index (χ2n) is 33.9. The molecule has 0 amide bonds. The van der Waals surface area contributed by atoms with Crippen molar-refractivity contribution in [2.24, 2.45) is 0 Å². The number of fused-ring (bicyclic) bond motifs is 8. The summed E-state index contributed by atoms with van der Waals surface area (Å²) in [5.74, 6) is 5.33. The quantitative estimate of drug-likeness (QED) is 0.110. The normalized spacial score (nSPS) is 10.9. The molecule has 0 saturated carbocycles. The van der Waals surface area contributed by atoms with Crippen LogP contribution in [0.5, 0.6) is 0 Å². The Labute approximate surface area is 900 Å². The molecule has 16 aromatic heterocycles. The number of alkyl halides is 3. The van der Waals surface area contributed by atoms with Gasteiger partial charge in [-0.3, -0.25) is 0 Å².